The Hall–Kier alpha value is -2.34. The summed E-state index contributed by atoms with van der Waals surface area (Å²) in [4.78, 5) is 4.75. The summed E-state index contributed by atoms with van der Waals surface area (Å²) in [5.74, 6) is 0. The number of nitrogens with zero attached hydrogens (tertiary/aromatic N) is 3. The van der Waals surface area contributed by atoms with E-state index < -0.39 is 0 Å². The van der Waals surface area contributed by atoms with Gasteiger partial charge in [0, 0.05) is 43.3 Å². The van der Waals surface area contributed by atoms with E-state index in [1.54, 1.807) is 0 Å². The van der Waals surface area contributed by atoms with Gasteiger partial charge in [-0.25, -0.2) is 11.4 Å². The van der Waals surface area contributed by atoms with Gasteiger partial charge in [-0.15, -0.1) is 25.1 Å². The molecule has 0 atom stereocenters. The zero-order valence-corrected chi connectivity index (χ0v) is 29.3. The number of nitrogens with one attached hydrogen (secondary N) is 1. The number of aromatic nitrogens is 2. The number of allylic oxidation sites excluding steroid dienone is 1. The Morgan fingerprint density at radius 2 is 1.91 bits per heavy atom. The molecular formula is C38H49N4Na. The topological polar surface area (TPSA) is 33.1 Å². The van der Waals surface area contributed by atoms with Crippen molar-refractivity contribution in [3.63, 3.8) is 0 Å². The number of benzene rings is 2. The molecule has 1 saturated heterocycles. The molecule has 5 heteroatoms. The van der Waals surface area contributed by atoms with Gasteiger partial charge in [-0.05, 0) is 97.4 Å². The zero-order valence-electron chi connectivity index (χ0n) is 27.3. The summed E-state index contributed by atoms with van der Waals surface area (Å²) in [6.45, 7) is 17.5. The van der Waals surface area contributed by atoms with E-state index in [1.807, 2.05) is 6.20 Å². The fourth-order valence-electron chi connectivity index (χ4n) is 6.64. The fourth-order valence-corrected chi connectivity index (χ4v) is 6.64. The third kappa shape index (κ3) is 8.04. The van der Waals surface area contributed by atoms with Crippen molar-refractivity contribution >= 4 is 10.9 Å². The van der Waals surface area contributed by atoms with Crippen LogP contribution in [0.4, 0.5) is 0 Å². The van der Waals surface area contributed by atoms with Gasteiger partial charge in [0.05, 0.1) is 0 Å². The standard InChI is InChI=1S/C38H49N4.Na/c1-6-9-21-38(4,5)28-34-33-27-31(30-17-12-15-29(26-30)16-14-25-41-24-11-10-23-40-41)19-20-36(33)42(8-3)37(34)32-18-13-22-39-35(32)7-2;/h6-7,12-13,15,17-20,22,26-27,40H,1,8-11,14,16,21,23-25,28H2,2-5H3;/q-1;+1. The van der Waals surface area contributed by atoms with Crippen LogP contribution in [0.15, 0.2) is 73.4 Å². The molecule has 0 spiro atoms. The third-order valence-electron chi connectivity index (χ3n) is 8.88. The van der Waals surface area contributed by atoms with Gasteiger partial charge < -0.3 is 4.57 Å². The third-order valence-corrected chi connectivity index (χ3v) is 8.88. The second kappa shape index (κ2) is 15.6. The molecule has 4 aromatic rings. The second-order valence-corrected chi connectivity index (χ2v) is 12.6. The first-order chi connectivity index (χ1) is 20.4. The number of fused-ring (bicyclic) bond motifs is 1. The van der Waals surface area contributed by atoms with Crippen LogP contribution in [0.25, 0.3) is 33.3 Å². The average molecular weight is 585 g/mol. The van der Waals surface area contributed by atoms with E-state index in [2.05, 4.69) is 116 Å². The van der Waals surface area contributed by atoms with E-state index in [4.69, 9.17) is 4.98 Å². The van der Waals surface area contributed by atoms with Gasteiger partial charge in [-0.2, -0.15) is 0 Å². The number of pyridine rings is 1. The van der Waals surface area contributed by atoms with Gasteiger partial charge in [0.15, 0.2) is 0 Å². The first-order valence-electron chi connectivity index (χ1n) is 16.0. The molecule has 43 heavy (non-hydrogen) atoms. The minimum absolute atomic E-state index is 0. The Labute approximate surface area is 282 Å². The molecule has 2 aromatic carbocycles. The summed E-state index contributed by atoms with van der Waals surface area (Å²) in [5.41, 5.74) is 14.0. The van der Waals surface area contributed by atoms with Crippen molar-refractivity contribution in [3.8, 4) is 22.4 Å². The maximum Gasteiger partial charge on any atom is 1.00 e. The van der Waals surface area contributed by atoms with E-state index in [1.165, 1.54) is 70.2 Å². The first kappa shape index (κ1) is 33.6. The summed E-state index contributed by atoms with van der Waals surface area (Å²) in [5, 5.41) is 3.77. The van der Waals surface area contributed by atoms with Crippen molar-refractivity contribution in [2.75, 3.05) is 19.6 Å². The number of hydrogen-bond acceptors (Lipinski definition) is 3. The molecule has 222 valence electrons. The molecule has 0 unspecified atom stereocenters. The Balaban J connectivity index is 0.00000423. The molecule has 1 fully saturated rings. The summed E-state index contributed by atoms with van der Waals surface area (Å²) < 4.78 is 2.51. The van der Waals surface area contributed by atoms with Gasteiger partial charge in [-0.3, -0.25) is 10.4 Å². The van der Waals surface area contributed by atoms with Crippen LogP contribution in [0, 0.1) is 11.8 Å². The number of aryl methyl sites for hydroxylation is 2. The van der Waals surface area contributed by atoms with Crippen LogP contribution in [0.3, 0.4) is 0 Å². The molecule has 0 bridgehead atoms. The van der Waals surface area contributed by atoms with Crippen molar-refractivity contribution in [1.29, 1.82) is 0 Å². The predicted molar refractivity (Wildman–Crippen MR) is 179 cm³/mol. The Morgan fingerprint density at radius 3 is 2.65 bits per heavy atom. The summed E-state index contributed by atoms with van der Waals surface area (Å²) in [7, 11) is 0. The van der Waals surface area contributed by atoms with Crippen molar-refractivity contribution in [3.05, 3.63) is 96.7 Å². The molecule has 1 aliphatic rings. The molecule has 1 aliphatic heterocycles. The molecule has 2 aromatic heterocycles. The molecule has 5 rings (SSSR count). The zero-order chi connectivity index (χ0) is 29.5. The molecule has 0 aliphatic carbocycles. The van der Waals surface area contributed by atoms with E-state index in [9.17, 15) is 0 Å². The van der Waals surface area contributed by atoms with Crippen molar-refractivity contribution in [2.45, 2.75) is 79.2 Å². The predicted octanol–water partition coefficient (Wildman–Crippen LogP) is 6.03. The molecule has 0 saturated carbocycles. The van der Waals surface area contributed by atoms with Gasteiger partial charge in [0.2, 0.25) is 0 Å². The fraction of sp³-hybridized carbons (Fsp3) is 0.421. The summed E-state index contributed by atoms with van der Waals surface area (Å²) >= 11 is 0. The van der Waals surface area contributed by atoms with Crippen LogP contribution < -0.4 is 35.0 Å². The first-order valence-corrected chi connectivity index (χ1v) is 16.0. The minimum Gasteiger partial charge on any atom is -0.357 e. The Bertz CT molecular complexity index is 1500. The van der Waals surface area contributed by atoms with E-state index in [0.29, 0.717) is 0 Å². The van der Waals surface area contributed by atoms with Gasteiger partial charge >= 0.3 is 29.6 Å². The molecular weight excluding hydrogens is 535 g/mol. The Kier molecular flexibility index (Phi) is 12.2. The Morgan fingerprint density at radius 1 is 1.07 bits per heavy atom. The number of rotatable bonds is 13. The SMILES string of the molecule is C=CCCC(C)(C)Cc1c(-c2cccnc2[CH-]C)n(CC)c2ccc(-c3cccc(CCCN4CCCCN4)c3)cc12.[Na+]. The van der Waals surface area contributed by atoms with Crippen LogP contribution in [-0.4, -0.2) is 34.2 Å². The molecule has 0 amide bonds. The van der Waals surface area contributed by atoms with Crippen molar-refractivity contribution in [1.82, 2.24) is 20.0 Å². The quantitative estimate of drug-likeness (QED) is 0.118. The van der Waals surface area contributed by atoms with E-state index >= 15 is 0 Å². The van der Waals surface area contributed by atoms with Crippen LogP contribution in [-0.2, 0) is 19.4 Å². The minimum atomic E-state index is 0. The van der Waals surface area contributed by atoms with E-state index in [0.717, 1.165) is 51.0 Å². The smallest absolute Gasteiger partial charge is 0.357 e. The molecule has 4 nitrogen and oxygen atoms in total. The number of hydrogen-bond donors (Lipinski definition) is 1. The maximum absolute atomic E-state index is 4.75. The summed E-state index contributed by atoms with van der Waals surface area (Å²) in [6.07, 6.45) is 14.1. The largest absolute Gasteiger partial charge is 1.00 e. The normalized spacial score (nSPS) is 14.0. The van der Waals surface area contributed by atoms with Crippen LogP contribution in [0.5, 0.6) is 0 Å². The molecule has 3 heterocycles. The number of hydrazine groups is 1. The van der Waals surface area contributed by atoms with Crippen molar-refractivity contribution < 1.29 is 29.6 Å². The van der Waals surface area contributed by atoms with Gasteiger partial charge in [-0.1, -0.05) is 62.0 Å². The molecule has 0 radical (unpaired) electrons. The van der Waals surface area contributed by atoms with Gasteiger partial charge in [0.1, 0.15) is 0 Å². The summed E-state index contributed by atoms with van der Waals surface area (Å²) in [6, 6.07) is 20.6. The van der Waals surface area contributed by atoms with Crippen LogP contribution >= 0.6 is 0 Å². The van der Waals surface area contributed by atoms with Gasteiger partial charge in [0.25, 0.3) is 0 Å². The van der Waals surface area contributed by atoms with Crippen LogP contribution in [0.1, 0.15) is 76.6 Å². The van der Waals surface area contributed by atoms with E-state index in [-0.39, 0.29) is 35.0 Å². The monoisotopic (exact) mass is 584 g/mol. The average Bonchev–Trinajstić information content (AvgIpc) is 3.32. The second-order valence-electron chi connectivity index (χ2n) is 12.6. The van der Waals surface area contributed by atoms with Crippen molar-refractivity contribution in [2.24, 2.45) is 5.41 Å². The van der Waals surface area contributed by atoms with Crippen LogP contribution in [0.2, 0.25) is 0 Å². The maximum atomic E-state index is 4.75. The molecule has 1 N–H and O–H groups in total.